The van der Waals surface area contributed by atoms with Crippen LogP contribution in [0.3, 0.4) is 0 Å². The minimum Gasteiger partial charge on any atom is -0.496 e. The Hall–Kier alpha value is -2.04. The summed E-state index contributed by atoms with van der Waals surface area (Å²) in [7, 11) is 1.63. The van der Waals surface area contributed by atoms with Gasteiger partial charge in [-0.05, 0) is 41.8 Å². The zero-order valence-electron chi connectivity index (χ0n) is 13.1. The molecule has 0 radical (unpaired) electrons. The van der Waals surface area contributed by atoms with Crippen LogP contribution in [0.5, 0.6) is 11.5 Å². The summed E-state index contributed by atoms with van der Waals surface area (Å²) < 4.78 is 11.2. The number of rotatable bonds is 7. The number of methoxy groups -OCH3 is 1. The second kappa shape index (κ2) is 7.82. The lowest BCUT2D eigenvalue weighted by molar-refractivity contribution is 0.267. The van der Waals surface area contributed by atoms with Crippen molar-refractivity contribution in [2.75, 3.05) is 13.7 Å². The Morgan fingerprint density at radius 1 is 1.14 bits per heavy atom. The number of hydrogen-bond acceptors (Lipinski definition) is 4. The number of hydrogen-bond donors (Lipinski definition) is 2. The molecule has 0 aliphatic carbocycles. The molecule has 2 aromatic carbocycles. The van der Waals surface area contributed by atoms with E-state index in [4.69, 9.17) is 15.2 Å². The lowest BCUT2D eigenvalue weighted by atomic mass is 10.0. The van der Waals surface area contributed by atoms with Crippen molar-refractivity contribution in [1.82, 2.24) is 0 Å². The molecule has 0 aliphatic rings. The highest BCUT2D eigenvalue weighted by molar-refractivity contribution is 5.38. The fraction of sp³-hybridized carbons (Fsp3) is 0.333. The molecule has 2 aromatic rings. The van der Waals surface area contributed by atoms with Gasteiger partial charge in [0.15, 0.2) is 0 Å². The molecule has 0 aliphatic heterocycles. The van der Waals surface area contributed by atoms with Crippen LogP contribution in [0.2, 0.25) is 0 Å². The predicted molar refractivity (Wildman–Crippen MR) is 87.2 cm³/mol. The zero-order chi connectivity index (χ0) is 15.9. The summed E-state index contributed by atoms with van der Waals surface area (Å²) in [5, 5.41) is 9.18. The number of aliphatic hydroxyl groups is 1. The summed E-state index contributed by atoms with van der Waals surface area (Å²) >= 11 is 0. The molecule has 4 heteroatoms. The average Bonchev–Trinajstić information content (AvgIpc) is 2.59. The van der Waals surface area contributed by atoms with Crippen LogP contribution in [0.4, 0.5) is 0 Å². The van der Waals surface area contributed by atoms with Gasteiger partial charge in [0.25, 0.3) is 0 Å². The van der Waals surface area contributed by atoms with Crippen LogP contribution in [-0.4, -0.2) is 18.8 Å². The van der Waals surface area contributed by atoms with Gasteiger partial charge in [-0.25, -0.2) is 0 Å². The number of aliphatic hydroxyl groups excluding tert-OH is 1. The first-order chi connectivity index (χ1) is 10.7. The molecular formula is C18H23NO3. The van der Waals surface area contributed by atoms with Crippen molar-refractivity contribution in [2.45, 2.75) is 26.0 Å². The lowest BCUT2D eigenvalue weighted by Crippen LogP contribution is -2.15. The third kappa shape index (κ3) is 4.00. The highest BCUT2D eigenvalue weighted by atomic mass is 16.5. The van der Waals surface area contributed by atoms with Gasteiger partial charge in [-0.3, -0.25) is 0 Å². The highest BCUT2D eigenvalue weighted by Gasteiger charge is 2.10. The maximum atomic E-state index is 9.18. The van der Waals surface area contributed by atoms with Crippen LogP contribution >= 0.6 is 0 Å². The first-order valence-electron chi connectivity index (χ1n) is 7.43. The average molecular weight is 301 g/mol. The molecule has 2 rings (SSSR count). The van der Waals surface area contributed by atoms with Gasteiger partial charge in [0, 0.05) is 5.56 Å². The maximum absolute atomic E-state index is 9.18. The molecule has 0 saturated carbocycles. The van der Waals surface area contributed by atoms with Gasteiger partial charge in [-0.15, -0.1) is 0 Å². The van der Waals surface area contributed by atoms with E-state index in [1.807, 2.05) is 30.3 Å². The Morgan fingerprint density at radius 2 is 1.86 bits per heavy atom. The molecule has 22 heavy (non-hydrogen) atoms. The van der Waals surface area contributed by atoms with Crippen molar-refractivity contribution < 1.29 is 14.6 Å². The molecular weight excluding hydrogens is 278 g/mol. The molecule has 0 bridgehead atoms. The van der Waals surface area contributed by atoms with Crippen LogP contribution < -0.4 is 15.2 Å². The third-order valence-electron chi connectivity index (χ3n) is 3.66. The zero-order valence-corrected chi connectivity index (χ0v) is 13.1. The predicted octanol–water partition coefficient (Wildman–Crippen LogP) is 2.83. The lowest BCUT2D eigenvalue weighted by Gasteiger charge is -2.14. The van der Waals surface area contributed by atoms with Crippen molar-refractivity contribution in [1.29, 1.82) is 0 Å². The molecule has 0 fully saturated rings. The number of aryl methyl sites for hydroxylation is 1. The first-order valence-corrected chi connectivity index (χ1v) is 7.43. The van der Waals surface area contributed by atoms with E-state index in [0.717, 1.165) is 29.0 Å². The Kier molecular flexibility index (Phi) is 5.81. The molecule has 0 heterocycles. The van der Waals surface area contributed by atoms with Crippen molar-refractivity contribution in [3.8, 4) is 11.5 Å². The van der Waals surface area contributed by atoms with E-state index in [1.54, 1.807) is 7.11 Å². The van der Waals surface area contributed by atoms with Crippen molar-refractivity contribution in [3.63, 3.8) is 0 Å². The maximum Gasteiger partial charge on any atom is 0.125 e. The van der Waals surface area contributed by atoms with Crippen molar-refractivity contribution in [2.24, 2.45) is 5.73 Å². The third-order valence-corrected chi connectivity index (χ3v) is 3.66. The van der Waals surface area contributed by atoms with E-state index in [2.05, 4.69) is 19.1 Å². The normalized spacial score (nSPS) is 12.0. The molecule has 0 unspecified atom stereocenters. The molecule has 0 aromatic heterocycles. The molecule has 118 valence electrons. The fourth-order valence-corrected chi connectivity index (χ4v) is 2.23. The number of ether oxygens (including phenoxy) is 2. The standard InChI is InChI=1S/C18H23NO3/c1-3-13-4-7-16(8-5-13)22-12-15-10-14(17(19)11-20)6-9-18(15)21-2/h4-10,17,20H,3,11-12,19H2,1-2H3/t17-/m1/s1. The van der Waals surface area contributed by atoms with Crippen LogP contribution in [0.25, 0.3) is 0 Å². The summed E-state index contributed by atoms with van der Waals surface area (Å²) in [6.45, 7) is 2.42. The van der Waals surface area contributed by atoms with E-state index < -0.39 is 6.04 Å². The van der Waals surface area contributed by atoms with Crippen molar-refractivity contribution >= 4 is 0 Å². The van der Waals surface area contributed by atoms with Gasteiger partial charge in [0.1, 0.15) is 18.1 Å². The Labute approximate surface area is 131 Å². The van der Waals surface area contributed by atoms with Crippen LogP contribution in [0, 0.1) is 0 Å². The van der Waals surface area contributed by atoms with Crippen LogP contribution in [0.15, 0.2) is 42.5 Å². The van der Waals surface area contributed by atoms with Gasteiger partial charge < -0.3 is 20.3 Å². The monoisotopic (exact) mass is 301 g/mol. The summed E-state index contributed by atoms with van der Waals surface area (Å²) in [5.41, 5.74) is 8.91. The van der Waals surface area contributed by atoms with E-state index in [1.165, 1.54) is 5.56 Å². The van der Waals surface area contributed by atoms with Gasteiger partial charge in [-0.1, -0.05) is 25.1 Å². The molecule has 1 atom stereocenters. The molecule has 0 amide bonds. The molecule has 3 N–H and O–H groups in total. The Bertz CT molecular complexity index is 596. The van der Waals surface area contributed by atoms with E-state index in [0.29, 0.717) is 6.61 Å². The smallest absolute Gasteiger partial charge is 0.125 e. The van der Waals surface area contributed by atoms with Crippen LogP contribution in [-0.2, 0) is 13.0 Å². The van der Waals surface area contributed by atoms with Gasteiger partial charge in [-0.2, -0.15) is 0 Å². The van der Waals surface area contributed by atoms with E-state index in [-0.39, 0.29) is 6.61 Å². The van der Waals surface area contributed by atoms with Gasteiger partial charge in [0.05, 0.1) is 19.8 Å². The van der Waals surface area contributed by atoms with Gasteiger partial charge in [0.2, 0.25) is 0 Å². The van der Waals surface area contributed by atoms with E-state index in [9.17, 15) is 5.11 Å². The Balaban J connectivity index is 2.12. The summed E-state index contributed by atoms with van der Waals surface area (Å²) in [4.78, 5) is 0. The quantitative estimate of drug-likeness (QED) is 0.825. The van der Waals surface area contributed by atoms with Crippen LogP contribution in [0.1, 0.15) is 29.7 Å². The Morgan fingerprint density at radius 3 is 2.45 bits per heavy atom. The minimum atomic E-state index is -0.395. The van der Waals surface area contributed by atoms with Crippen molar-refractivity contribution in [3.05, 3.63) is 59.2 Å². The fourth-order valence-electron chi connectivity index (χ4n) is 2.23. The molecule has 0 spiro atoms. The second-order valence-corrected chi connectivity index (χ2v) is 5.15. The minimum absolute atomic E-state index is 0.0922. The largest absolute Gasteiger partial charge is 0.496 e. The van der Waals surface area contributed by atoms with Gasteiger partial charge >= 0.3 is 0 Å². The topological polar surface area (TPSA) is 64.7 Å². The molecule has 4 nitrogen and oxygen atoms in total. The SMILES string of the molecule is CCc1ccc(OCc2cc([C@H](N)CO)ccc2OC)cc1. The summed E-state index contributed by atoms with van der Waals surface area (Å²) in [6, 6.07) is 13.3. The summed E-state index contributed by atoms with van der Waals surface area (Å²) in [5.74, 6) is 1.56. The second-order valence-electron chi connectivity index (χ2n) is 5.15. The summed E-state index contributed by atoms with van der Waals surface area (Å²) in [6.07, 6.45) is 1.01. The first kappa shape index (κ1) is 16.3. The number of benzene rings is 2. The van der Waals surface area contributed by atoms with E-state index >= 15 is 0 Å². The number of nitrogens with two attached hydrogens (primary N) is 1. The highest BCUT2D eigenvalue weighted by Crippen LogP contribution is 2.24. The molecule has 0 saturated heterocycles.